The van der Waals surface area contributed by atoms with Crippen molar-refractivity contribution in [1.29, 1.82) is 0 Å². The summed E-state index contributed by atoms with van der Waals surface area (Å²) in [4.78, 5) is 15.3. The molecule has 0 aliphatic heterocycles. The van der Waals surface area contributed by atoms with E-state index in [1.807, 2.05) is 12.1 Å². The Morgan fingerprint density at radius 3 is 2.73 bits per heavy atom. The number of halogens is 1. The molecule has 0 bridgehead atoms. The first-order chi connectivity index (χ1) is 10.4. The number of oxazole rings is 1. The molecule has 112 valence electrons. The van der Waals surface area contributed by atoms with Crippen LogP contribution in [0.4, 0.5) is 10.1 Å². The van der Waals surface area contributed by atoms with Crippen LogP contribution in [-0.4, -0.2) is 11.3 Å². The summed E-state index contributed by atoms with van der Waals surface area (Å²) in [5, 5.41) is 0. The molecule has 0 saturated heterocycles. The average Bonchev–Trinajstić information content (AvgIpc) is 2.92. The molecule has 4 N–H and O–H groups in total. The summed E-state index contributed by atoms with van der Waals surface area (Å²) < 4.78 is 19.9. The lowest BCUT2D eigenvalue weighted by molar-refractivity contribution is -0.112. The van der Waals surface area contributed by atoms with E-state index in [0.717, 1.165) is 0 Å². The average molecular weight is 299 g/mol. The standard InChI is InChI=1S/C16H14FN3O2/c1-16(19,8-21)10-7-12(18)9(6-11(10)17)15-20-13-4-2-3-5-14(13)22-15/h2-8H,18-19H2,1H3/t16-/m1/s1. The van der Waals surface area contributed by atoms with Gasteiger partial charge in [0.15, 0.2) is 5.58 Å². The van der Waals surface area contributed by atoms with Gasteiger partial charge in [0.05, 0.1) is 11.1 Å². The van der Waals surface area contributed by atoms with Gasteiger partial charge in [0.1, 0.15) is 17.6 Å². The summed E-state index contributed by atoms with van der Waals surface area (Å²) in [6.45, 7) is 1.41. The van der Waals surface area contributed by atoms with Gasteiger partial charge in [-0.3, -0.25) is 0 Å². The zero-order chi connectivity index (χ0) is 15.9. The number of carbonyl (C=O) groups is 1. The van der Waals surface area contributed by atoms with Crippen molar-refractivity contribution in [2.75, 3.05) is 5.73 Å². The molecule has 1 atom stereocenters. The van der Waals surface area contributed by atoms with Crippen LogP contribution in [-0.2, 0) is 10.3 Å². The summed E-state index contributed by atoms with van der Waals surface area (Å²) >= 11 is 0. The summed E-state index contributed by atoms with van der Waals surface area (Å²) in [6.07, 6.45) is 0.476. The van der Waals surface area contributed by atoms with Crippen LogP contribution < -0.4 is 11.5 Å². The lowest BCUT2D eigenvalue weighted by Crippen LogP contribution is -2.35. The third-order valence-corrected chi connectivity index (χ3v) is 3.49. The second kappa shape index (κ2) is 4.92. The predicted molar refractivity (Wildman–Crippen MR) is 81.4 cm³/mol. The summed E-state index contributed by atoms with van der Waals surface area (Å²) in [5.41, 5.74) is 12.1. The predicted octanol–water partition coefficient (Wildman–Crippen LogP) is 2.59. The van der Waals surface area contributed by atoms with Gasteiger partial charge < -0.3 is 20.7 Å². The van der Waals surface area contributed by atoms with E-state index < -0.39 is 11.4 Å². The zero-order valence-electron chi connectivity index (χ0n) is 11.8. The fourth-order valence-corrected chi connectivity index (χ4v) is 2.24. The van der Waals surface area contributed by atoms with E-state index in [1.165, 1.54) is 19.1 Å². The van der Waals surface area contributed by atoms with E-state index in [0.29, 0.717) is 22.9 Å². The number of fused-ring (bicyclic) bond motifs is 1. The van der Waals surface area contributed by atoms with Crippen LogP contribution in [0.3, 0.4) is 0 Å². The van der Waals surface area contributed by atoms with Crippen LogP contribution in [0.15, 0.2) is 40.8 Å². The monoisotopic (exact) mass is 299 g/mol. The molecule has 0 unspecified atom stereocenters. The molecule has 1 heterocycles. The van der Waals surface area contributed by atoms with Gasteiger partial charge in [0.2, 0.25) is 5.89 Å². The van der Waals surface area contributed by atoms with E-state index in [1.54, 1.807) is 12.1 Å². The number of hydrogen-bond donors (Lipinski definition) is 2. The Morgan fingerprint density at radius 1 is 1.32 bits per heavy atom. The van der Waals surface area contributed by atoms with Crippen molar-refractivity contribution in [3.63, 3.8) is 0 Å². The molecule has 0 radical (unpaired) electrons. The number of nitrogen functional groups attached to an aromatic ring is 1. The largest absolute Gasteiger partial charge is 0.436 e. The van der Waals surface area contributed by atoms with Gasteiger partial charge in [-0.25, -0.2) is 9.37 Å². The molecule has 22 heavy (non-hydrogen) atoms. The fourth-order valence-electron chi connectivity index (χ4n) is 2.24. The Labute approximate surface area is 125 Å². The number of rotatable bonds is 3. The molecule has 2 aromatic carbocycles. The van der Waals surface area contributed by atoms with Crippen molar-refractivity contribution in [2.45, 2.75) is 12.5 Å². The van der Waals surface area contributed by atoms with Crippen molar-refractivity contribution in [3.05, 3.63) is 47.8 Å². The molecule has 3 rings (SSSR count). The maximum Gasteiger partial charge on any atom is 0.229 e. The summed E-state index contributed by atoms with van der Waals surface area (Å²) in [7, 11) is 0. The molecular weight excluding hydrogens is 285 g/mol. The number of aldehydes is 1. The molecule has 0 aliphatic carbocycles. The number of nitrogens with zero attached hydrogens (tertiary/aromatic N) is 1. The molecule has 5 nitrogen and oxygen atoms in total. The highest BCUT2D eigenvalue weighted by Crippen LogP contribution is 2.32. The normalized spacial score (nSPS) is 14.0. The molecule has 6 heteroatoms. The zero-order valence-corrected chi connectivity index (χ0v) is 11.8. The summed E-state index contributed by atoms with van der Waals surface area (Å²) in [6, 6.07) is 9.71. The van der Waals surface area contributed by atoms with Gasteiger partial charge in [-0.05, 0) is 31.2 Å². The third kappa shape index (κ3) is 2.23. The fraction of sp³-hybridized carbons (Fsp3) is 0.125. The quantitative estimate of drug-likeness (QED) is 0.572. The Hall–Kier alpha value is -2.73. The number of hydrogen-bond acceptors (Lipinski definition) is 5. The first-order valence-electron chi connectivity index (χ1n) is 6.63. The Bertz CT molecular complexity index is 838. The lowest BCUT2D eigenvalue weighted by atomic mass is 9.92. The maximum absolute atomic E-state index is 14.3. The molecule has 0 saturated carbocycles. The SMILES string of the molecule is C[C@@](N)(C=O)c1cc(N)c(-c2nc3ccccc3o2)cc1F. The molecule has 0 aliphatic rings. The second-order valence-corrected chi connectivity index (χ2v) is 5.31. The van der Waals surface area contributed by atoms with Crippen LogP contribution in [0, 0.1) is 5.82 Å². The first-order valence-corrected chi connectivity index (χ1v) is 6.63. The van der Waals surface area contributed by atoms with E-state index >= 15 is 0 Å². The molecular formula is C16H14FN3O2. The topological polar surface area (TPSA) is 95.1 Å². The molecule has 0 fully saturated rings. The number of aromatic nitrogens is 1. The first kappa shape index (κ1) is 14.2. The molecule has 3 aromatic rings. The van der Waals surface area contributed by atoms with Crippen LogP contribution in [0.2, 0.25) is 0 Å². The lowest BCUT2D eigenvalue weighted by Gasteiger charge is -2.19. The van der Waals surface area contributed by atoms with E-state index in [2.05, 4.69) is 4.98 Å². The minimum absolute atomic E-state index is 0.0276. The molecule has 1 aromatic heterocycles. The van der Waals surface area contributed by atoms with Crippen LogP contribution in [0.5, 0.6) is 0 Å². The van der Waals surface area contributed by atoms with Crippen molar-refractivity contribution in [1.82, 2.24) is 4.98 Å². The van der Waals surface area contributed by atoms with Crippen LogP contribution >= 0.6 is 0 Å². The Balaban J connectivity index is 2.16. The van der Waals surface area contributed by atoms with Gasteiger partial charge in [-0.15, -0.1) is 0 Å². The smallest absolute Gasteiger partial charge is 0.229 e. The highest BCUT2D eigenvalue weighted by atomic mass is 19.1. The highest BCUT2D eigenvalue weighted by molar-refractivity contribution is 5.80. The number of anilines is 1. The van der Waals surface area contributed by atoms with Gasteiger partial charge in [0, 0.05) is 11.3 Å². The minimum Gasteiger partial charge on any atom is -0.436 e. The number of nitrogens with two attached hydrogens (primary N) is 2. The molecule has 0 spiro atoms. The van der Waals surface area contributed by atoms with Crippen LogP contribution in [0.25, 0.3) is 22.6 Å². The molecule has 0 amide bonds. The van der Waals surface area contributed by atoms with Gasteiger partial charge >= 0.3 is 0 Å². The van der Waals surface area contributed by atoms with Gasteiger partial charge in [0.25, 0.3) is 0 Å². The van der Waals surface area contributed by atoms with Gasteiger partial charge in [-0.1, -0.05) is 12.1 Å². The third-order valence-electron chi connectivity index (χ3n) is 3.49. The van der Waals surface area contributed by atoms with Crippen molar-refractivity contribution in [2.24, 2.45) is 5.73 Å². The number of benzene rings is 2. The van der Waals surface area contributed by atoms with Gasteiger partial charge in [-0.2, -0.15) is 0 Å². The van der Waals surface area contributed by atoms with Crippen LogP contribution in [0.1, 0.15) is 12.5 Å². The van der Waals surface area contributed by atoms with E-state index in [-0.39, 0.29) is 17.1 Å². The Morgan fingerprint density at radius 2 is 2.05 bits per heavy atom. The van der Waals surface area contributed by atoms with Crippen molar-refractivity contribution >= 4 is 23.1 Å². The summed E-state index contributed by atoms with van der Waals surface area (Å²) in [5.74, 6) is -0.419. The van der Waals surface area contributed by atoms with Crippen molar-refractivity contribution in [3.8, 4) is 11.5 Å². The second-order valence-electron chi connectivity index (χ2n) is 5.31. The maximum atomic E-state index is 14.3. The van der Waals surface area contributed by atoms with E-state index in [4.69, 9.17) is 15.9 Å². The number of para-hydroxylation sites is 2. The minimum atomic E-state index is -1.45. The Kier molecular flexibility index (Phi) is 3.18. The highest BCUT2D eigenvalue weighted by Gasteiger charge is 2.26. The number of carbonyl (C=O) groups excluding carboxylic acids is 1. The van der Waals surface area contributed by atoms with E-state index in [9.17, 15) is 9.18 Å². The van der Waals surface area contributed by atoms with Crippen molar-refractivity contribution < 1.29 is 13.6 Å².